The van der Waals surface area contributed by atoms with Crippen LogP contribution in [0.15, 0.2) is 35.7 Å². The third-order valence-electron chi connectivity index (χ3n) is 4.47. The molecular weight excluding hydrogens is 371 g/mol. The maximum Gasteiger partial charge on any atom is 0.253 e. The molecule has 1 aromatic carbocycles. The standard InChI is InChI=1S/C19H21FN2O2S2/c1-12-7-10-25-16(12)19-22(17(23)13(2)26-19)9-8-21(3)18(24)14-5-4-6-15(20)11-14/h4-7,10-11,13,19H,8-9H2,1-3H3/t13-,19+/m1/s1. The summed E-state index contributed by atoms with van der Waals surface area (Å²) in [5.74, 6) is -0.586. The SMILES string of the molecule is Cc1ccsc1[C@@H]1S[C@H](C)C(=O)N1CCN(C)C(=O)c1cccc(F)c1. The lowest BCUT2D eigenvalue weighted by Crippen LogP contribution is -2.39. The summed E-state index contributed by atoms with van der Waals surface area (Å²) in [4.78, 5) is 29.6. The maximum absolute atomic E-state index is 13.3. The zero-order valence-corrected chi connectivity index (χ0v) is 16.6. The molecule has 1 aromatic heterocycles. The fourth-order valence-corrected chi connectivity index (χ4v) is 5.50. The molecule has 2 amide bonds. The van der Waals surface area contributed by atoms with Gasteiger partial charge in [-0.25, -0.2) is 4.39 Å². The normalized spacial score (nSPS) is 19.8. The van der Waals surface area contributed by atoms with Gasteiger partial charge in [-0.15, -0.1) is 23.1 Å². The van der Waals surface area contributed by atoms with Gasteiger partial charge in [0.2, 0.25) is 5.91 Å². The topological polar surface area (TPSA) is 40.6 Å². The number of thioether (sulfide) groups is 1. The molecule has 2 atom stereocenters. The van der Waals surface area contributed by atoms with Gasteiger partial charge in [0, 0.05) is 30.6 Å². The van der Waals surface area contributed by atoms with Crippen LogP contribution in [-0.2, 0) is 4.79 Å². The highest BCUT2D eigenvalue weighted by Crippen LogP contribution is 2.45. The van der Waals surface area contributed by atoms with Gasteiger partial charge in [-0.3, -0.25) is 9.59 Å². The molecule has 0 N–H and O–H groups in total. The largest absolute Gasteiger partial charge is 0.340 e. The second-order valence-electron chi connectivity index (χ2n) is 6.37. The first-order valence-corrected chi connectivity index (χ1v) is 10.2. The molecule has 138 valence electrons. The summed E-state index contributed by atoms with van der Waals surface area (Å²) in [6.07, 6.45) is 0. The van der Waals surface area contributed by atoms with Crippen LogP contribution in [-0.4, -0.2) is 47.0 Å². The smallest absolute Gasteiger partial charge is 0.253 e. The number of carbonyl (C=O) groups excluding carboxylic acids is 2. The molecule has 1 aliphatic rings. The van der Waals surface area contributed by atoms with E-state index in [1.165, 1.54) is 33.5 Å². The fourth-order valence-electron chi connectivity index (χ4n) is 2.94. The number of likely N-dealkylation sites (N-methyl/N-ethyl adjacent to an activating group) is 1. The van der Waals surface area contributed by atoms with Crippen molar-refractivity contribution < 1.29 is 14.0 Å². The molecule has 4 nitrogen and oxygen atoms in total. The third-order valence-corrected chi connectivity index (χ3v) is 7.05. The van der Waals surface area contributed by atoms with Crippen molar-refractivity contribution in [3.8, 4) is 0 Å². The second kappa shape index (κ2) is 7.80. The van der Waals surface area contributed by atoms with Crippen molar-refractivity contribution in [2.24, 2.45) is 0 Å². The van der Waals surface area contributed by atoms with Crippen LogP contribution < -0.4 is 0 Å². The molecule has 0 saturated carbocycles. The molecule has 7 heteroatoms. The van der Waals surface area contributed by atoms with Gasteiger partial charge >= 0.3 is 0 Å². The highest BCUT2D eigenvalue weighted by atomic mass is 32.2. The van der Waals surface area contributed by atoms with Gasteiger partial charge in [0.25, 0.3) is 5.91 Å². The Morgan fingerprint density at radius 1 is 1.35 bits per heavy atom. The zero-order chi connectivity index (χ0) is 18.8. The molecule has 3 rings (SSSR count). The number of hydrogen-bond acceptors (Lipinski definition) is 4. The highest BCUT2D eigenvalue weighted by molar-refractivity contribution is 8.01. The van der Waals surface area contributed by atoms with Crippen molar-refractivity contribution in [2.75, 3.05) is 20.1 Å². The van der Waals surface area contributed by atoms with E-state index in [2.05, 4.69) is 13.0 Å². The molecule has 2 heterocycles. The number of rotatable bonds is 5. The second-order valence-corrected chi connectivity index (χ2v) is 8.74. The number of nitrogens with zero attached hydrogens (tertiary/aromatic N) is 2. The van der Waals surface area contributed by atoms with Crippen LogP contribution in [0.1, 0.15) is 33.1 Å². The van der Waals surface area contributed by atoms with Gasteiger partial charge in [-0.1, -0.05) is 6.07 Å². The van der Waals surface area contributed by atoms with E-state index in [1.54, 1.807) is 36.2 Å². The molecule has 0 bridgehead atoms. The molecular formula is C19H21FN2O2S2. The minimum atomic E-state index is -0.433. The van der Waals surface area contributed by atoms with Crippen molar-refractivity contribution >= 4 is 34.9 Å². The first kappa shape index (κ1) is 18.9. The quantitative estimate of drug-likeness (QED) is 0.774. The molecule has 0 spiro atoms. The van der Waals surface area contributed by atoms with E-state index in [-0.39, 0.29) is 22.4 Å². The third kappa shape index (κ3) is 3.78. The molecule has 1 saturated heterocycles. The Balaban J connectivity index is 1.69. The van der Waals surface area contributed by atoms with Gasteiger partial charge < -0.3 is 9.80 Å². The van der Waals surface area contributed by atoms with Crippen LogP contribution in [0.3, 0.4) is 0 Å². The van der Waals surface area contributed by atoms with Gasteiger partial charge in [-0.2, -0.15) is 0 Å². The van der Waals surface area contributed by atoms with Crippen molar-refractivity contribution in [2.45, 2.75) is 24.5 Å². The predicted octanol–water partition coefficient (Wildman–Crippen LogP) is 3.93. The summed E-state index contributed by atoms with van der Waals surface area (Å²) in [5, 5.41) is 1.94. The summed E-state index contributed by atoms with van der Waals surface area (Å²) in [6.45, 7) is 4.83. The van der Waals surface area contributed by atoms with E-state index in [0.29, 0.717) is 18.7 Å². The maximum atomic E-state index is 13.3. The molecule has 1 aliphatic heterocycles. The van der Waals surface area contributed by atoms with Gasteiger partial charge in [0.15, 0.2) is 0 Å². The van der Waals surface area contributed by atoms with Crippen molar-refractivity contribution in [1.29, 1.82) is 0 Å². The number of carbonyl (C=O) groups is 2. The average molecular weight is 393 g/mol. The number of amides is 2. The number of benzene rings is 1. The van der Waals surface area contributed by atoms with E-state index in [4.69, 9.17) is 0 Å². The summed E-state index contributed by atoms with van der Waals surface area (Å²) in [7, 11) is 1.68. The number of halogens is 1. The van der Waals surface area contributed by atoms with Gasteiger partial charge in [0.1, 0.15) is 11.2 Å². The Hall–Kier alpha value is -1.86. The summed E-state index contributed by atoms with van der Waals surface area (Å²) >= 11 is 3.30. The lowest BCUT2D eigenvalue weighted by molar-refractivity contribution is -0.129. The average Bonchev–Trinajstić information content (AvgIpc) is 3.16. The Morgan fingerprint density at radius 2 is 2.12 bits per heavy atom. The van der Waals surface area contributed by atoms with Crippen molar-refractivity contribution in [3.05, 3.63) is 57.5 Å². The van der Waals surface area contributed by atoms with E-state index >= 15 is 0 Å². The van der Waals surface area contributed by atoms with Crippen LogP contribution in [0.4, 0.5) is 4.39 Å². The monoisotopic (exact) mass is 392 g/mol. The first-order chi connectivity index (χ1) is 12.4. The highest BCUT2D eigenvalue weighted by Gasteiger charge is 2.39. The molecule has 0 radical (unpaired) electrons. The fraction of sp³-hybridized carbons (Fsp3) is 0.368. The van der Waals surface area contributed by atoms with Crippen molar-refractivity contribution in [3.63, 3.8) is 0 Å². The molecule has 26 heavy (non-hydrogen) atoms. The summed E-state index contributed by atoms with van der Waals surface area (Å²) in [5.41, 5.74) is 1.50. The predicted molar refractivity (Wildman–Crippen MR) is 104 cm³/mol. The molecule has 0 unspecified atom stereocenters. The van der Waals surface area contributed by atoms with E-state index < -0.39 is 5.82 Å². The Labute approximate surface area is 161 Å². The Kier molecular flexibility index (Phi) is 5.67. The first-order valence-electron chi connectivity index (χ1n) is 8.39. The number of thiophene rings is 1. The van der Waals surface area contributed by atoms with E-state index in [9.17, 15) is 14.0 Å². The zero-order valence-electron chi connectivity index (χ0n) is 14.9. The van der Waals surface area contributed by atoms with E-state index in [0.717, 1.165) is 0 Å². The van der Waals surface area contributed by atoms with Crippen LogP contribution in [0, 0.1) is 12.7 Å². The minimum Gasteiger partial charge on any atom is -0.340 e. The number of aryl methyl sites for hydroxylation is 1. The molecule has 0 aliphatic carbocycles. The lowest BCUT2D eigenvalue weighted by atomic mass is 10.2. The minimum absolute atomic E-state index is 0.00447. The van der Waals surface area contributed by atoms with Crippen LogP contribution >= 0.6 is 23.1 Å². The van der Waals surface area contributed by atoms with E-state index in [1.807, 2.05) is 17.2 Å². The molecule has 1 fully saturated rings. The van der Waals surface area contributed by atoms with Gasteiger partial charge in [-0.05, 0) is 49.1 Å². The summed E-state index contributed by atoms with van der Waals surface area (Å²) in [6, 6.07) is 7.72. The van der Waals surface area contributed by atoms with Crippen LogP contribution in [0.5, 0.6) is 0 Å². The molecule has 2 aromatic rings. The Morgan fingerprint density at radius 3 is 2.77 bits per heavy atom. The van der Waals surface area contributed by atoms with Gasteiger partial charge in [0.05, 0.1) is 5.25 Å². The van der Waals surface area contributed by atoms with Crippen molar-refractivity contribution in [1.82, 2.24) is 9.80 Å². The lowest BCUT2D eigenvalue weighted by Gasteiger charge is -2.26. The van der Waals surface area contributed by atoms with Crippen LogP contribution in [0.25, 0.3) is 0 Å². The summed E-state index contributed by atoms with van der Waals surface area (Å²) < 4.78 is 13.3. The Bertz CT molecular complexity index is 823. The number of hydrogen-bond donors (Lipinski definition) is 0. The van der Waals surface area contributed by atoms with Crippen LogP contribution in [0.2, 0.25) is 0 Å².